The molecular formula is C32H31FN6O3. The summed E-state index contributed by atoms with van der Waals surface area (Å²) < 4.78 is 15.0. The second-order valence-electron chi connectivity index (χ2n) is 11.1. The molecule has 0 spiro atoms. The number of Topliss-reactive ketones (excluding diaryl/α,β-unsaturated/α-hetero) is 1. The van der Waals surface area contributed by atoms with Gasteiger partial charge in [0.2, 0.25) is 5.78 Å². The predicted molar refractivity (Wildman–Crippen MR) is 153 cm³/mol. The van der Waals surface area contributed by atoms with Crippen LogP contribution in [0.15, 0.2) is 85.2 Å². The van der Waals surface area contributed by atoms with Crippen LogP contribution in [0.1, 0.15) is 52.0 Å². The van der Waals surface area contributed by atoms with Crippen LogP contribution in [0.4, 0.5) is 4.39 Å². The number of likely N-dealkylation sites (tertiary alicyclic amines) is 1. The van der Waals surface area contributed by atoms with Crippen molar-refractivity contribution in [2.75, 3.05) is 13.1 Å². The third kappa shape index (κ3) is 5.71. The molecule has 6 rings (SSSR count). The van der Waals surface area contributed by atoms with E-state index in [9.17, 15) is 18.8 Å². The van der Waals surface area contributed by atoms with Crippen molar-refractivity contribution in [2.45, 2.75) is 31.3 Å². The van der Waals surface area contributed by atoms with Crippen LogP contribution in [0.25, 0.3) is 5.82 Å². The number of carbonyl (C=O) groups excluding carboxylic acids is 3. The lowest BCUT2D eigenvalue weighted by Crippen LogP contribution is -2.34. The largest absolute Gasteiger partial charge is 0.363 e. The molecule has 3 N–H and O–H groups in total. The zero-order chi connectivity index (χ0) is 29.2. The molecule has 3 heterocycles. The van der Waals surface area contributed by atoms with Crippen LogP contribution in [0.3, 0.4) is 0 Å². The topological polar surface area (TPSA) is 123 Å². The minimum Gasteiger partial charge on any atom is -0.363 e. The molecule has 1 saturated carbocycles. The van der Waals surface area contributed by atoms with Gasteiger partial charge in [-0.15, -0.1) is 0 Å². The van der Waals surface area contributed by atoms with E-state index in [1.165, 1.54) is 17.7 Å². The molecular weight excluding hydrogens is 535 g/mol. The number of benzene rings is 2. The Balaban J connectivity index is 1.14. The van der Waals surface area contributed by atoms with Gasteiger partial charge >= 0.3 is 0 Å². The van der Waals surface area contributed by atoms with Crippen LogP contribution < -0.4 is 11.1 Å². The highest BCUT2D eigenvalue weighted by Crippen LogP contribution is 2.51. The molecule has 4 aromatic rings. The van der Waals surface area contributed by atoms with E-state index < -0.39 is 23.6 Å². The van der Waals surface area contributed by atoms with Crippen LogP contribution in [0.2, 0.25) is 0 Å². The standard InChI is InChI=1S/C32H31FN6O3/c33-23-10-8-20(9-11-23)26-15-22-17-38(19-27(22)26)18-24-12-14-39(37-24)31-25(7-4-13-35-31)32(42)36-28(16-29(40)30(34)41)21-5-2-1-3-6-21/h1-14,22,26-28H,15-19H2,(H2,34,41)(H,36,42)/t22?,26-,27?,28?/m0/s1. The molecule has 214 valence electrons. The van der Waals surface area contributed by atoms with Crippen LogP contribution >= 0.6 is 0 Å². The second-order valence-corrected chi connectivity index (χ2v) is 11.1. The molecule has 2 amide bonds. The van der Waals surface area contributed by atoms with Gasteiger partial charge in [0.1, 0.15) is 5.82 Å². The summed E-state index contributed by atoms with van der Waals surface area (Å²) in [6, 6.07) is 20.3. The Hall–Kier alpha value is -4.70. The van der Waals surface area contributed by atoms with E-state index in [0.717, 1.165) is 25.2 Å². The van der Waals surface area contributed by atoms with Crippen molar-refractivity contribution in [1.82, 2.24) is 25.0 Å². The van der Waals surface area contributed by atoms with Gasteiger partial charge < -0.3 is 11.1 Å². The molecule has 9 nitrogen and oxygen atoms in total. The first-order valence-corrected chi connectivity index (χ1v) is 14.0. The third-order valence-corrected chi connectivity index (χ3v) is 8.39. The third-order valence-electron chi connectivity index (χ3n) is 8.39. The number of hydrogen-bond donors (Lipinski definition) is 2. The maximum atomic E-state index is 13.5. The number of ketones is 1. The lowest BCUT2D eigenvalue weighted by molar-refractivity contribution is -0.136. The van der Waals surface area contributed by atoms with Crippen molar-refractivity contribution < 1.29 is 18.8 Å². The van der Waals surface area contributed by atoms with Gasteiger partial charge in [-0.2, -0.15) is 5.10 Å². The number of halogens is 1. The number of aromatic nitrogens is 3. The fraction of sp³-hybridized carbons (Fsp3) is 0.281. The Morgan fingerprint density at radius 1 is 1.00 bits per heavy atom. The number of nitrogens with zero attached hydrogens (tertiary/aromatic N) is 4. The maximum Gasteiger partial charge on any atom is 0.284 e. The van der Waals surface area contributed by atoms with E-state index in [1.54, 1.807) is 53.5 Å². The monoisotopic (exact) mass is 566 g/mol. The number of pyridine rings is 1. The molecule has 0 radical (unpaired) electrons. The molecule has 1 saturated heterocycles. The Labute approximate surface area is 242 Å². The molecule has 10 heteroatoms. The Kier molecular flexibility index (Phi) is 7.62. The normalized spacial score (nSPS) is 20.4. The number of hydrogen-bond acceptors (Lipinski definition) is 6. The maximum absolute atomic E-state index is 13.5. The van der Waals surface area contributed by atoms with Crippen LogP contribution in [0, 0.1) is 17.7 Å². The second kappa shape index (κ2) is 11.7. The van der Waals surface area contributed by atoms with Crippen LogP contribution in [0.5, 0.6) is 0 Å². The van der Waals surface area contributed by atoms with Gasteiger partial charge in [0.05, 0.1) is 17.3 Å². The van der Waals surface area contributed by atoms with Crippen molar-refractivity contribution >= 4 is 17.6 Å². The number of carbonyl (C=O) groups is 3. The summed E-state index contributed by atoms with van der Waals surface area (Å²) in [6.45, 7) is 2.63. The molecule has 2 aliphatic rings. The Morgan fingerprint density at radius 3 is 2.55 bits per heavy atom. The van der Waals surface area contributed by atoms with Gasteiger partial charge in [0, 0.05) is 38.4 Å². The van der Waals surface area contributed by atoms with E-state index in [2.05, 4.69) is 15.2 Å². The first kappa shape index (κ1) is 27.5. The highest BCUT2D eigenvalue weighted by Gasteiger charge is 2.47. The Bertz CT molecular complexity index is 1610. The first-order valence-electron chi connectivity index (χ1n) is 14.0. The van der Waals surface area contributed by atoms with Gasteiger partial charge in [0.25, 0.3) is 11.8 Å². The average molecular weight is 567 g/mol. The smallest absolute Gasteiger partial charge is 0.284 e. The molecule has 0 bridgehead atoms. The number of amides is 2. The van der Waals surface area contributed by atoms with E-state index >= 15 is 0 Å². The average Bonchev–Trinajstić information content (AvgIpc) is 3.58. The number of fused-ring (bicyclic) bond motifs is 1. The van der Waals surface area contributed by atoms with Gasteiger partial charge in [-0.1, -0.05) is 42.5 Å². The molecule has 1 aliphatic carbocycles. The molecule has 3 unspecified atom stereocenters. The number of rotatable bonds is 10. The minimum atomic E-state index is -1.05. The molecule has 1 aliphatic heterocycles. The molecule has 2 aromatic heterocycles. The number of nitrogens with two attached hydrogens (primary N) is 1. The summed E-state index contributed by atoms with van der Waals surface area (Å²) in [7, 11) is 0. The number of nitrogens with one attached hydrogen (secondary N) is 1. The lowest BCUT2D eigenvalue weighted by atomic mass is 9.64. The number of primary amides is 1. The van der Waals surface area contributed by atoms with Crippen molar-refractivity contribution in [1.29, 1.82) is 0 Å². The predicted octanol–water partition coefficient (Wildman–Crippen LogP) is 3.56. The molecule has 42 heavy (non-hydrogen) atoms. The molecule has 2 fully saturated rings. The summed E-state index contributed by atoms with van der Waals surface area (Å²) in [4.78, 5) is 43.9. The Morgan fingerprint density at radius 2 is 1.79 bits per heavy atom. The van der Waals surface area contributed by atoms with Gasteiger partial charge in [-0.05, 0) is 65.6 Å². The van der Waals surface area contributed by atoms with Gasteiger partial charge in [-0.25, -0.2) is 14.1 Å². The van der Waals surface area contributed by atoms with E-state index in [1.807, 2.05) is 24.3 Å². The van der Waals surface area contributed by atoms with E-state index in [-0.39, 0.29) is 17.8 Å². The quantitative estimate of drug-likeness (QED) is 0.283. The fourth-order valence-electron chi connectivity index (χ4n) is 6.23. The minimum absolute atomic E-state index is 0.207. The van der Waals surface area contributed by atoms with Crippen molar-refractivity contribution in [3.05, 3.63) is 113 Å². The van der Waals surface area contributed by atoms with Gasteiger partial charge in [0.15, 0.2) is 5.82 Å². The fourth-order valence-corrected chi connectivity index (χ4v) is 6.23. The zero-order valence-electron chi connectivity index (χ0n) is 22.9. The van der Waals surface area contributed by atoms with Crippen LogP contribution in [-0.2, 0) is 16.1 Å². The van der Waals surface area contributed by atoms with Crippen LogP contribution in [-0.4, -0.2) is 50.4 Å². The highest BCUT2D eigenvalue weighted by atomic mass is 19.1. The first-order chi connectivity index (χ1) is 20.4. The SMILES string of the molecule is NC(=O)C(=O)CC(NC(=O)c1cccnc1-n1ccc(CN2CC3C[C@@H](c4ccc(F)cc4)C3C2)n1)c1ccccc1. The summed E-state index contributed by atoms with van der Waals surface area (Å²) >= 11 is 0. The van der Waals surface area contributed by atoms with E-state index in [0.29, 0.717) is 35.7 Å². The summed E-state index contributed by atoms with van der Waals surface area (Å²) in [5.41, 5.74) is 8.21. The zero-order valence-corrected chi connectivity index (χ0v) is 22.9. The summed E-state index contributed by atoms with van der Waals surface area (Å²) in [5, 5.41) is 7.60. The van der Waals surface area contributed by atoms with Crippen molar-refractivity contribution in [2.24, 2.45) is 17.6 Å². The summed E-state index contributed by atoms with van der Waals surface area (Å²) in [5.74, 6) is -0.474. The highest BCUT2D eigenvalue weighted by molar-refractivity contribution is 6.35. The van der Waals surface area contributed by atoms with Crippen molar-refractivity contribution in [3.8, 4) is 5.82 Å². The molecule has 2 aromatic carbocycles. The lowest BCUT2D eigenvalue weighted by Gasteiger charge is -2.40. The van der Waals surface area contributed by atoms with E-state index in [4.69, 9.17) is 10.8 Å². The molecule has 4 atom stereocenters. The summed E-state index contributed by atoms with van der Waals surface area (Å²) in [6.07, 6.45) is 4.23. The van der Waals surface area contributed by atoms with Crippen molar-refractivity contribution in [3.63, 3.8) is 0 Å². The van der Waals surface area contributed by atoms with Gasteiger partial charge in [-0.3, -0.25) is 19.3 Å².